The fraction of sp³-hybridized carbons (Fsp3) is 0.350. The molecule has 0 saturated heterocycles. The third-order valence-corrected chi connectivity index (χ3v) is 5.47. The third-order valence-electron chi connectivity index (χ3n) is 4.86. The van der Waals surface area contributed by atoms with Gasteiger partial charge in [-0.1, -0.05) is 18.6 Å². The van der Waals surface area contributed by atoms with E-state index >= 15 is 0 Å². The monoisotopic (exact) mass is 421 g/mol. The number of aryl methyl sites for hydroxylation is 1. The third kappa shape index (κ3) is 3.82. The predicted octanol–water partition coefficient (Wildman–Crippen LogP) is 4.19. The molecule has 138 valence electrons. The number of rotatable bonds is 3. The summed E-state index contributed by atoms with van der Waals surface area (Å²) in [5.41, 5.74) is 0.864. The standard InChI is InChI=1S/C20H21BrFNO3/c1-20(26,13-7-9-17(22)16(21)10-13)19(25)23-14-8-6-12-4-2-3-5-18(24)15(12)11-14/h6-11,18,24,26H,2-5H2,1H3,(H,23,25). The summed E-state index contributed by atoms with van der Waals surface area (Å²) in [5.74, 6) is -1.09. The molecule has 1 amide bonds. The second-order valence-corrected chi connectivity index (χ2v) is 7.68. The molecule has 4 nitrogen and oxygen atoms in total. The van der Waals surface area contributed by atoms with Crippen LogP contribution in [0.2, 0.25) is 0 Å². The van der Waals surface area contributed by atoms with Gasteiger partial charge in [0.2, 0.25) is 0 Å². The van der Waals surface area contributed by atoms with Crippen LogP contribution in [0.5, 0.6) is 0 Å². The van der Waals surface area contributed by atoms with Crippen molar-refractivity contribution in [2.75, 3.05) is 5.32 Å². The maximum absolute atomic E-state index is 13.4. The number of hydrogen-bond acceptors (Lipinski definition) is 3. The van der Waals surface area contributed by atoms with Gasteiger partial charge in [-0.05, 0) is 83.1 Å². The summed E-state index contributed by atoms with van der Waals surface area (Å²) in [6.45, 7) is 1.36. The van der Waals surface area contributed by atoms with E-state index in [9.17, 15) is 19.4 Å². The van der Waals surface area contributed by atoms with Crippen molar-refractivity contribution in [1.29, 1.82) is 0 Å². The van der Waals surface area contributed by atoms with E-state index in [2.05, 4.69) is 21.2 Å². The number of aliphatic hydroxyl groups excluding tert-OH is 1. The molecule has 1 aliphatic carbocycles. The summed E-state index contributed by atoms with van der Waals surface area (Å²) in [6.07, 6.45) is 3.06. The number of hydrogen-bond donors (Lipinski definition) is 3. The van der Waals surface area contributed by atoms with Gasteiger partial charge in [-0.2, -0.15) is 0 Å². The summed E-state index contributed by atoms with van der Waals surface area (Å²) in [4.78, 5) is 12.6. The minimum Gasteiger partial charge on any atom is -0.388 e. The number of benzene rings is 2. The van der Waals surface area contributed by atoms with E-state index in [0.29, 0.717) is 12.1 Å². The maximum Gasteiger partial charge on any atom is 0.260 e. The lowest BCUT2D eigenvalue weighted by molar-refractivity contribution is -0.133. The lowest BCUT2D eigenvalue weighted by Gasteiger charge is -2.24. The van der Waals surface area contributed by atoms with Gasteiger partial charge in [0.1, 0.15) is 5.82 Å². The van der Waals surface area contributed by atoms with Gasteiger partial charge >= 0.3 is 0 Å². The van der Waals surface area contributed by atoms with E-state index in [0.717, 1.165) is 30.4 Å². The SMILES string of the molecule is CC(O)(C(=O)Nc1ccc2c(c1)C(O)CCCC2)c1ccc(F)c(Br)c1. The number of fused-ring (bicyclic) bond motifs is 1. The average Bonchev–Trinajstić information content (AvgIpc) is 2.79. The van der Waals surface area contributed by atoms with Crippen molar-refractivity contribution in [3.8, 4) is 0 Å². The number of nitrogens with one attached hydrogen (secondary N) is 1. The van der Waals surface area contributed by atoms with Gasteiger partial charge in [0.15, 0.2) is 5.60 Å². The van der Waals surface area contributed by atoms with Crippen molar-refractivity contribution in [1.82, 2.24) is 0 Å². The minimum absolute atomic E-state index is 0.177. The van der Waals surface area contributed by atoms with E-state index in [1.54, 1.807) is 12.1 Å². The molecule has 0 saturated carbocycles. The molecule has 0 aliphatic heterocycles. The fourth-order valence-electron chi connectivity index (χ4n) is 3.20. The van der Waals surface area contributed by atoms with E-state index < -0.39 is 23.4 Å². The van der Waals surface area contributed by atoms with Gasteiger partial charge in [0.25, 0.3) is 5.91 Å². The molecule has 0 heterocycles. The predicted molar refractivity (Wildman–Crippen MR) is 101 cm³/mol. The molecule has 3 rings (SSSR count). The van der Waals surface area contributed by atoms with E-state index in [1.807, 2.05) is 6.07 Å². The molecule has 0 fully saturated rings. The Kier molecular flexibility index (Phi) is 5.46. The summed E-state index contributed by atoms with van der Waals surface area (Å²) in [6, 6.07) is 9.39. The summed E-state index contributed by atoms with van der Waals surface area (Å²) in [5, 5.41) is 23.6. The van der Waals surface area contributed by atoms with Crippen LogP contribution in [0, 0.1) is 5.82 Å². The van der Waals surface area contributed by atoms with Crippen LogP contribution in [0.15, 0.2) is 40.9 Å². The second kappa shape index (κ2) is 7.47. The Labute approximate surface area is 160 Å². The first-order chi connectivity index (χ1) is 12.3. The zero-order valence-corrected chi connectivity index (χ0v) is 16.0. The van der Waals surface area contributed by atoms with E-state index in [4.69, 9.17) is 0 Å². The van der Waals surface area contributed by atoms with Crippen LogP contribution >= 0.6 is 15.9 Å². The first-order valence-electron chi connectivity index (χ1n) is 8.59. The molecular weight excluding hydrogens is 401 g/mol. The van der Waals surface area contributed by atoms with Crippen LogP contribution in [-0.4, -0.2) is 16.1 Å². The van der Waals surface area contributed by atoms with Crippen molar-refractivity contribution in [3.05, 3.63) is 63.4 Å². The topological polar surface area (TPSA) is 69.6 Å². The molecule has 2 aromatic rings. The van der Waals surface area contributed by atoms with Gasteiger partial charge in [0, 0.05) is 5.69 Å². The molecule has 0 radical (unpaired) electrons. The zero-order valence-electron chi connectivity index (χ0n) is 14.4. The number of halogens is 2. The molecular formula is C20H21BrFNO3. The van der Waals surface area contributed by atoms with Crippen molar-refractivity contribution in [2.24, 2.45) is 0 Å². The molecule has 3 N–H and O–H groups in total. The Morgan fingerprint density at radius 1 is 1.27 bits per heavy atom. The lowest BCUT2D eigenvalue weighted by atomic mass is 9.94. The molecule has 2 unspecified atom stereocenters. The van der Waals surface area contributed by atoms with Crippen LogP contribution in [-0.2, 0) is 16.8 Å². The Morgan fingerprint density at radius 2 is 2.04 bits per heavy atom. The quantitative estimate of drug-likeness (QED) is 0.650. The van der Waals surface area contributed by atoms with Crippen LogP contribution in [0.4, 0.5) is 10.1 Å². The van der Waals surface area contributed by atoms with Crippen LogP contribution < -0.4 is 5.32 Å². The number of aliphatic hydroxyl groups is 2. The highest BCUT2D eigenvalue weighted by atomic mass is 79.9. The Morgan fingerprint density at radius 3 is 2.77 bits per heavy atom. The molecule has 2 atom stereocenters. The average molecular weight is 422 g/mol. The van der Waals surface area contributed by atoms with Crippen LogP contribution in [0.1, 0.15) is 49.0 Å². The van der Waals surface area contributed by atoms with Crippen LogP contribution in [0.25, 0.3) is 0 Å². The molecule has 0 bridgehead atoms. The second-order valence-electron chi connectivity index (χ2n) is 6.83. The van der Waals surface area contributed by atoms with Crippen molar-refractivity contribution in [2.45, 2.75) is 44.3 Å². The smallest absolute Gasteiger partial charge is 0.260 e. The van der Waals surface area contributed by atoms with Crippen LogP contribution in [0.3, 0.4) is 0 Å². The highest BCUT2D eigenvalue weighted by Crippen LogP contribution is 2.32. The highest BCUT2D eigenvalue weighted by molar-refractivity contribution is 9.10. The Bertz CT molecular complexity index is 838. The number of carbonyl (C=O) groups excluding carboxylic acids is 1. The first-order valence-corrected chi connectivity index (χ1v) is 9.38. The van der Waals surface area contributed by atoms with E-state index in [1.165, 1.54) is 25.1 Å². The van der Waals surface area contributed by atoms with E-state index in [-0.39, 0.29) is 10.0 Å². The number of carbonyl (C=O) groups is 1. The first kappa shape index (κ1) is 19.0. The number of anilines is 1. The van der Waals surface area contributed by atoms with Gasteiger partial charge in [-0.3, -0.25) is 4.79 Å². The Hall–Kier alpha value is -1.76. The van der Waals surface area contributed by atoms with Gasteiger partial charge in [0.05, 0.1) is 10.6 Å². The van der Waals surface area contributed by atoms with Crippen molar-refractivity contribution in [3.63, 3.8) is 0 Å². The number of amides is 1. The highest BCUT2D eigenvalue weighted by Gasteiger charge is 2.33. The van der Waals surface area contributed by atoms with Gasteiger partial charge < -0.3 is 15.5 Å². The minimum atomic E-state index is -1.83. The molecule has 1 aliphatic rings. The van der Waals surface area contributed by atoms with Gasteiger partial charge in [-0.15, -0.1) is 0 Å². The van der Waals surface area contributed by atoms with Gasteiger partial charge in [-0.25, -0.2) is 4.39 Å². The summed E-state index contributed by atoms with van der Waals surface area (Å²) in [7, 11) is 0. The summed E-state index contributed by atoms with van der Waals surface area (Å²) < 4.78 is 13.6. The molecule has 0 spiro atoms. The Balaban J connectivity index is 1.84. The molecule has 26 heavy (non-hydrogen) atoms. The van der Waals surface area contributed by atoms with Crippen molar-refractivity contribution < 1.29 is 19.4 Å². The zero-order chi connectivity index (χ0) is 18.9. The maximum atomic E-state index is 13.4. The lowest BCUT2D eigenvalue weighted by Crippen LogP contribution is -2.37. The largest absolute Gasteiger partial charge is 0.388 e. The molecule has 6 heteroatoms. The molecule has 2 aromatic carbocycles. The normalized spacial score (nSPS) is 19.2. The fourth-order valence-corrected chi connectivity index (χ4v) is 3.58. The van der Waals surface area contributed by atoms with Crippen molar-refractivity contribution >= 4 is 27.5 Å². The summed E-state index contributed by atoms with van der Waals surface area (Å²) >= 11 is 3.06. The molecule has 0 aromatic heterocycles.